The Bertz CT molecular complexity index is 594. The zero-order valence-corrected chi connectivity index (χ0v) is 13.4. The van der Waals surface area contributed by atoms with E-state index in [1.807, 2.05) is 0 Å². The third-order valence-electron chi connectivity index (χ3n) is 3.69. The van der Waals surface area contributed by atoms with Crippen LogP contribution in [-0.2, 0) is 16.4 Å². The van der Waals surface area contributed by atoms with E-state index in [1.165, 1.54) is 11.1 Å². The maximum absolute atomic E-state index is 11.4. The van der Waals surface area contributed by atoms with Gasteiger partial charge in [0.15, 0.2) is 15.8 Å². The van der Waals surface area contributed by atoms with Gasteiger partial charge in [0.05, 0.1) is 11.5 Å². The van der Waals surface area contributed by atoms with Crippen LogP contribution >= 0.6 is 0 Å². The third kappa shape index (κ3) is 5.04. The molecule has 1 atom stereocenters. The van der Waals surface area contributed by atoms with Crippen molar-refractivity contribution >= 4 is 15.8 Å². The van der Waals surface area contributed by atoms with Crippen molar-refractivity contribution < 1.29 is 8.42 Å². The summed E-state index contributed by atoms with van der Waals surface area (Å²) in [6.07, 6.45) is 0.740. The molecule has 0 bridgehead atoms. The molecule has 1 saturated heterocycles. The predicted octanol–water partition coefficient (Wildman–Crippen LogP) is 1.09. The molecule has 1 aliphatic rings. The molecule has 6 heteroatoms. The van der Waals surface area contributed by atoms with Gasteiger partial charge in [0.1, 0.15) is 0 Å². The lowest BCUT2D eigenvalue weighted by molar-refractivity contribution is 0.567. The second kappa shape index (κ2) is 6.93. The van der Waals surface area contributed by atoms with Crippen LogP contribution in [0.2, 0.25) is 0 Å². The number of guanidine groups is 1. The minimum Gasteiger partial charge on any atom is -0.356 e. The van der Waals surface area contributed by atoms with E-state index in [2.05, 4.69) is 46.8 Å². The van der Waals surface area contributed by atoms with E-state index in [-0.39, 0.29) is 11.7 Å². The minimum atomic E-state index is -2.81. The molecule has 1 heterocycles. The average Bonchev–Trinajstić information content (AvgIpc) is 2.80. The molecule has 1 aliphatic heterocycles. The molecule has 0 spiro atoms. The molecule has 0 amide bonds. The van der Waals surface area contributed by atoms with E-state index in [0.717, 1.165) is 6.42 Å². The molecule has 116 valence electrons. The lowest BCUT2D eigenvalue weighted by Gasteiger charge is -2.14. The normalized spacial score (nSPS) is 21.2. The highest BCUT2D eigenvalue weighted by atomic mass is 32.2. The largest absolute Gasteiger partial charge is 0.356 e. The first kappa shape index (κ1) is 15.8. The van der Waals surface area contributed by atoms with Gasteiger partial charge in [-0.1, -0.05) is 29.8 Å². The van der Waals surface area contributed by atoms with E-state index in [4.69, 9.17) is 0 Å². The first-order valence-electron chi connectivity index (χ1n) is 7.19. The summed E-state index contributed by atoms with van der Waals surface area (Å²) in [5.74, 6) is 1.50. The predicted molar refractivity (Wildman–Crippen MR) is 86.1 cm³/mol. The molecular formula is C15H23N3O2S. The van der Waals surface area contributed by atoms with Gasteiger partial charge < -0.3 is 10.6 Å². The number of aliphatic imine (C=N–C) groups is 1. The van der Waals surface area contributed by atoms with E-state index in [9.17, 15) is 8.42 Å². The van der Waals surface area contributed by atoms with Gasteiger partial charge in [-0.05, 0) is 24.8 Å². The van der Waals surface area contributed by atoms with E-state index in [1.54, 1.807) is 7.05 Å². The second-order valence-electron chi connectivity index (χ2n) is 5.56. The van der Waals surface area contributed by atoms with Crippen LogP contribution in [0.25, 0.3) is 0 Å². The lowest BCUT2D eigenvalue weighted by atomic mass is 10.1. The summed E-state index contributed by atoms with van der Waals surface area (Å²) in [5, 5.41) is 6.44. The van der Waals surface area contributed by atoms with Crippen LogP contribution in [0.3, 0.4) is 0 Å². The molecule has 0 radical (unpaired) electrons. The van der Waals surface area contributed by atoms with Crippen LogP contribution in [-0.4, -0.2) is 39.5 Å². The Kier molecular flexibility index (Phi) is 5.22. The summed E-state index contributed by atoms with van der Waals surface area (Å²) < 4.78 is 22.8. The van der Waals surface area contributed by atoms with Crippen molar-refractivity contribution in [2.75, 3.05) is 25.1 Å². The Morgan fingerprint density at radius 3 is 2.57 bits per heavy atom. The summed E-state index contributed by atoms with van der Waals surface area (Å²) in [6, 6.07) is 8.32. The van der Waals surface area contributed by atoms with Crippen molar-refractivity contribution in [2.45, 2.75) is 19.9 Å². The van der Waals surface area contributed by atoms with Crippen LogP contribution in [0.5, 0.6) is 0 Å². The fourth-order valence-corrected chi connectivity index (χ4v) is 4.25. The van der Waals surface area contributed by atoms with Gasteiger partial charge in [-0.25, -0.2) is 8.42 Å². The van der Waals surface area contributed by atoms with Crippen molar-refractivity contribution in [3.05, 3.63) is 35.4 Å². The van der Waals surface area contributed by atoms with E-state index < -0.39 is 9.84 Å². The van der Waals surface area contributed by atoms with Crippen molar-refractivity contribution in [2.24, 2.45) is 10.9 Å². The highest BCUT2D eigenvalue weighted by molar-refractivity contribution is 7.91. The van der Waals surface area contributed by atoms with Crippen LogP contribution in [0.15, 0.2) is 29.3 Å². The Balaban J connectivity index is 1.77. The van der Waals surface area contributed by atoms with Crippen molar-refractivity contribution in [3.8, 4) is 0 Å². The Morgan fingerprint density at radius 2 is 2.00 bits per heavy atom. The molecule has 0 saturated carbocycles. The zero-order valence-electron chi connectivity index (χ0n) is 12.6. The van der Waals surface area contributed by atoms with Gasteiger partial charge in [0.2, 0.25) is 0 Å². The zero-order chi connectivity index (χ0) is 15.3. The highest BCUT2D eigenvalue weighted by Crippen LogP contribution is 2.17. The molecule has 1 aromatic carbocycles. The maximum atomic E-state index is 11.4. The van der Waals surface area contributed by atoms with Gasteiger partial charge in [0, 0.05) is 20.1 Å². The number of hydrogen-bond acceptors (Lipinski definition) is 3. The Hall–Kier alpha value is -1.56. The number of sulfone groups is 1. The van der Waals surface area contributed by atoms with Gasteiger partial charge in [-0.3, -0.25) is 4.99 Å². The SMILES string of the molecule is CN=C(NCc1ccc(C)cc1)NCC1CCS(=O)(=O)C1. The number of benzene rings is 1. The maximum Gasteiger partial charge on any atom is 0.191 e. The topological polar surface area (TPSA) is 70.6 Å². The number of aryl methyl sites for hydroxylation is 1. The van der Waals surface area contributed by atoms with Crippen LogP contribution < -0.4 is 10.6 Å². The number of nitrogens with zero attached hydrogens (tertiary/aromatic N) is 1. The number of nitrogens with one attached hydrogen (secondary N) is 2. The van der Waals surface area contributed by atoms with Crippen molar-refractivity contribution in [1.82, 2.24) is 10.6 Å². The summed E-state index contributed by atoms with van der Waals surface area (Å²) in [4.78, 5) is 4.16. The summed E-state index contributed by atoms with van der Waals surface area (Å²) in [7, 11) is -1.09. The molecular weight excluding hydrogens is 286 g/mol. The summed E-state index contributed by atoms with van der Waals surface area (Å²) in [5.41, 5.74) is 2.43. The molecule has 1 fully saturated rings. The van der Waals surface area contributed by atoms with Crippen molar-refractivity contribution in [1.29, 1.82) is 0 Å². The molecule has 5 nitrogen and oxygen atoms in total. The van der Waals surface area contributed by atoms with Gasteiger partial charge in [-0.15, -0.1) is 0 Å². The van der Waals surface area contributed by atoms with Crippen LogP contribution in [0, 0.1) is 12.8 Å². The molecule has 0 aliphatic carbocycles. The average molecular weight is 309 g/mol. The second-order valence-corrected chi connectivity index (χ2v) is 7.79. The van der Waals surface area contributed by atoms with Crippen LogP contribution in [0.4, 0.5) is 0 Å². The van der Waals surface area contributed by atoms with Gasteiger partial charge >= 0.3 is 0 Å². The van der Waals surface area contributed by atoms with Crippen LogP contribution in [0.1, 0.15) is 17.5 Å². The Labute approximate surface area is 126 Å². The lowest BCUT2D eigenvalue weighted by Crippen LogP contribution is -2.39. The van der Waals surface area contributed by atoms with Crippen molar-refractivity contribution in [3.63, 3.8) is 0 Å². The number of rotatable bonds is 4. The third-order valence-corrected chi connectivity index (χ3v) is 5.53. The molecule has 2 N–H and O–H groups in total. The molecule has 1 aromatic rings. The smallest absolute Gasteiger partial charge is 0.191 e. The molecule has 0 aromatic heterocycles. The highest BCUT2D eigenvalue weighted by Gasteiger charge is 2.27. The molecule has 21 heavy (non-hydrogen) atoms. The molecule has 2 rings (SSSR count). The fourth-order valence-electron chi connectivity index (χ4n) is 2.39. The van der Waals surface area contributed by atoms with Gasteiger partial charge in [-0.2, -0.15) is 0 Å². The number of hydrogen-bond donors (Lipinski definition) is 2. The minimum absolute atomic E-state index is 0.188. The first-order valence-corrected chi connectivity index (χ1v) is 9.01. The fraction of sp³-hybridized carbons (Fsp3) is 0.533. The summed E-state index contributed by atoms with van der Waals surface area (Å²) >= 11 is 0. The quantitative estimate of drug-likeness (QED) is 0.645. The molecule has 1 unspecified atom stereocenters. The summed E-state index contributed by atoms with van der Waals surface area (Å²) in [6.45, 7) is 3.41. The first-order chi connectivity index (χ1) is 9.98. The van der Waals surface area contributed by atoms with Gasteiger partial charge in [0.25, 0.3) is 0 Å². The van der Waals surface area contributed by atoms with E-state index >= 15 is 0 Å². The van der Waals surface area contributed by atoms with E-state index in [0.29, 0.717) is 24.8 Å². The Morgan fingerprint density at radius 1 is 1.29 bits per heavy atom. The monoisotopic (exact) mass is 309 g/mol. The standard InChI is InChI=1S/C15H23N3O2S/c1-12-3-5-13(6-4-12)9-17-15(16-2)18-10-14-7-8-21(19,20)11-14/h3-6,14H,7-11H2,1-2H3,(H2,16,17,18).